The predicted molar refractivity (Wildman–Crippen MR) is 92.2 cm³/mol. The lowest BCUT2D eigenvalue weighted by Crippen LogP contribution is -2.21. The topological polar surface area (TPSA) is 73.6 Å². The van der Waals surface area contributed by atoms with Crippen LogP contribution in [-0.4, -0.2) is 19.6 Å². The van der Waals surface area contributed by atoms with Crippen LogP contribution in [0.5, 0.6) is 11.5 Å². The molecule has 0 heterocycles. The highest BCUT2D eigenvalue weighted by molar-refractivity contribution is 5.95. The third-order valence-corrected chi connectivity index (χ3v) is 3.49. The van der Waals surface area contributed by atoms with Crippen molar-refractivity contribution in [1.82, 2.24) is 0 Å². The van der Waals surface area contributed by atoms with Gasteiger partial charge in [-0.2, -0.15) is 0 Å². The Morgan fingerprint density at radius 2 is 1.78 bits per heavy atom. The van der Waals surface area contributed by atoms with Gasteiger partial charge in [0.1, 0.15) is 11.5 Å². The minimum Gasteiger partial charge on any atom is -0.497 e. The highest BCUT2D eigenvalue weighted by Gasteiger charge is 2.10. The minimum absolute atomic E-state index is 0.0820. The normalized spacial score (nSPS) is 10.3. The van der Waals surface area contributed by atoms with Gasteiger partial charge in [-0.15, -0.1) is 0 Å². The second-order valence-electron chi connectivity index (χ2n) is 5.52. The number of nitrogens with two attached hydrogens (primary N) is 1. The second-order valence-corrected chi connectivity index (χ2v) is 5.52. The SMILES string of the molecule is COc1ccc(N)c(NC(=O)COc2c(C)cc(C)cc2C)c1. The summed E-state index contributed by atoms with van der Waals surface area (Å²) in [7, 11) is 1.56. The summed E-state index contributed by atoms with van der Waals surface area (Å²) < 4.78 is 10.8. The zero-order valence-corrected chi connectivity index (χ0v) is 13.9. The zero-order valence-electron chi connectivity index (χ0n) is 13.9. The summed E-state index contributed by atoms with van der Waals surface area (Å²) in [5.74, 6) is 1.09. The fraction of sp³-hybridized carbons (Fsp3) is 0.278. The maximum absolute atomic E-state index is 12.1. The van der Waals surface area contributed by atoms with Crippen molar-refractivity contribution < 1.29 is 14.3 Å². The Hall–Kier alpha value is -2.69. The van der Waals surface area contributed by atoms with E-state index in [1.807, 2.05) is 32.9 Å². The summed E-state index contributed by atoms with van der Waals surface area (Å²) in [6.45, 7) is 5.88. The Morgan fingerprint density at radius 3 is 2.39 bits per heavy atom. The molecule has 23 heavy (non-hydrogen) atoms. The van der Waals surface area contributed by atoms with E-state index in [1.165, 1.54) is 5.56 Å². The molecule has 0 aromatic heterocycles. The Labute approximate surface area is 136 Å². The first-order chi connectivity index (χ1) is 10.9. The van der Waals surface area contributed by atoms with Crippen LogP contribution >= 0.6 is 0 Å². The van der Waals surface area contributed by atoms with E-state index in [9.17, 15) is 4.79 Å². The average Bonchev–Trinajstić information content (AvgIpc) is 2.48. The lowest BCUT2D eigenvalue weighted by molar-refractivity contribution is -0.118. The van der Waals surface area contributed by atoms with Crippen LogP contribution in [0.4, 0.5) is 11.4 Å². The quantitative estimate of drug-likeness (QED) is 0.831. The van der Waals surface area contributed by atoms with Gasteiger partial charge in [0.15, 0.2) is 6.61 Å². The number of hydrogen-bond acceptors (Lipinski definition) is 4. The fourth-order valence-electron chi connectivity index (χ4n) is 2.49. The number of benzene rings is 2. The first-order valence-corrected chi connectivity index (χ1v) is 7.34. The molecule has 0 fully saturated rings. The Morgan fingerprint density at radius 1 is 1.13 bits per heavy atom. The van der Waals surface area contributed by atoms with E-state index in [4.69, 9.17) is 15.2 Å². The molecule has 5 nitrogen and oxygen atoms in total. The van der Waals surface area contributed by atoms with E-state index in [0.29, 0.717) is 17.1 Å². The smallest absolute Gasteiger partial charge is 0.262 e. The molecule has 0 unspecified atom stereocenters. The van der Waals surface area contributed by atoms with Gasteiger partial charge < -0.3 is 20.5 Å². The summed E-state index contributed by atoms with van der Waals surface area (Å²) >= 11 is 0. The van der Waals surface area contributed by atoms with E-state index in [-0.39, 0.29) is 12.5 Å². The molecule has 0 atom stereocenters. The van der Waals surface area contributed by atoms with E-state index in [2.05, 4.69) is 5.32 Å². The van der Waals surface area contributed by atoms with Crippen molar-refractivity contribution in [3.8, 4) is 11.5 Å². The van der Waals surface area contributed by atoms with Crippen LogP contribution in [0.3, 0.4) is 0 Å². The minimum atomic E-state index is -0.274. The number of aryl methyl sites for hydroxylation is 3. The monoisotopic (exact) mass is 314 g/mol. The number of carbonyl (C=O) groups excluding carboxylic acids is 1. The highest BCUT2D eigenvalue weighted by Crippen LogP contribution is 2.26. The van der Waals surface area contributed by atoms with Crippen molar-refractivity contribution in [1.29, 1.82) is 0 Å². The maximum atomic E-state index is 12.1. The van der Waals surface area contributed by atoms with Crippen molar-refractivity contribution >= 4 is 17.3 Å². The van der Waals surface area contributed by atoms with Gasteiger partial charge >= 0.3 is 0 Å². The number of nitrogens with one attached hydrogen (secondary N) is 1. The molecule has 3 N–H and O–H groups in total. The Kier molecular flexibility index (Phi) is 5.11. The molecule has 0 saturated carbocycles. The molecule has 5 heteroatoms. The van der Waals surface area contributed by atoms with Gasteiger partial charge in [-0.05, 0) is 44.0 Å². The standard InChI is InChI=1S/C18H22N2O3/c1-11-7-12(2)18(13(3)8-11)23-10-17(21)20-16-9-14(22-4)5-6-15(16)19/h5-9H,10,19H2,1-4H3,(H,20,21). The van der Waals surface area contributed by atoms with Crippen molar-refractivity contribution in [3.05, 3.63) is 47.0 Å². The van der Waals surface area contributed by atoms with Crippen molar-refractivity contribution in [2.75, 3.05) is 24.8 Å². The van der Waals surface area contributed by atoms with Gasteiger partial charge in [0.05, 0.1) is 18.5 Å². The molecule has 0 aliphatic heterocycles. The molecule has 0 spiro atoms. The van der Waals surface area contributed by atoms with E-state index >= 15 is 0 Å². The van der Waals surface area contributed by atoms with Gasteiger partial charge in [0.25, 0.3) is 5.91 Å². The molecule has 2 aromatic rings. The van der Waals surface area contributed by atoms with Crippen LogP contribution < -0.4 is 20.5 Å². The third-order valence-electron chi connectivity index (χ3n) is 3.49. The predicted octanol–water partition coefficient (Wildman–Crippen LogP) is 3.22. The summed E-state index contributed by atoms with van der Waals surface area (Å²) in [5.41, 5.74) is 10.0. The second kappa shape index (κ2) is 7.05. The van der Waals surface area contributed by atoms with Gasteiger partial charge in [0.2, 0.25) is 0 Å². The number of hydrogen-bond donors (Lipinski definition) is 2. The van der Waals surface area contributed by atoms with Crippen LogP contribution in [0, 0.1) is 20.8 Å². The molecule has 0 radical (unpaired) electrons. The van der Waals surface area contributed by atoms with Crippen molar-refractivity contribution in [2.45, 2.75) is 20.8 Å². The van der Waals surface area contributed by atoms with Crippen molar-refractivity contribution in [2.24, 2.45) is 0 Å². The third kappa shape index (κ3) is 4.16. The molecule has 0 saturated heterocycles. The van der Waals surface area contributed by atoms with E-state index < -0.39 is 0 Å². The van der Waals surface area contributed by atoms with Gasteiger partial charge in [0, 0.05) is 6.07 Å². The summed E-state index contributed by atoms with van der Waals surface area (Å²) in [6.07, 6.45) is 0. The molecule has 1 amide bonds. The summed E-state index contributed by atoms with van der Waals surface area (Å²) in [5, 5.41) is 2.74. The highest BCUT2D eigenvalue weighted by atomic mass is 16.5. The number of ether oxygens (including phenoxy) is 2. The summed E-state index contributed by atoms with van der Waals surface area (Å²) in [4.78, 5) is 12.1. The number of anilines is 2. The van der Waals surface area contributed by atoms with Crippen LogP contribution in [0.1, 0.15) is 16.7 Å². The zero-order chi connectivity index (χ0) is 17.0. The number of carbonyl (C=O) groups is 1. The van der Waals surface area contributed by atoms with E-state index in [0.717, 1.165) is 16.9 Å². The Bertz CT molecular complexity index is 703. The lowest BCUT2D eigenvalue weighted by atomic mass is 10.1. The molecule has 0 aliphatic rings. The molecule has 0 aliphatic carbocycles. The van der Waals surface area contributed by atoms with Crippen LogP contribution in [0.15, 0.2) is 30.3 Å². The Balaban J connectivity index is 2.04. The lowest BCUT2D eigenvalue weighted by Gasteiger charge is -2.14. The molecule has 2 aromatic carbocycles. The molecular formula is C18H22N2O3. The molecule has 122 valence electrons. The first-order valence-electron chi connectivity index (χ1n) is 7.34. The molecule has 2 rings (SSSR count). The maximum Gasteiger partial charge on any atom is 0.262 e. The van der Waals surface area contributed by atoms with Crippen LogP contribution in [0.25, 0.3) is 0 Å². The van der Waals surface area contributed by atoms with Gasteiger partial charge in [-0.3, -0.25) is 4.79 Å². The van der Waals surface area contributed by atoms with Crippen LogP contribution in [-0.2, 0) is 4.79 Å². The number of methoxy groups -OCH3 is 1. The summed E-state index contributed by atoms with van der Waals surface area (Å²) in [6, 6.07) is 9.15. The van der Waals surface area contributed by atoms with Gasteiger partial charge in [-0.1, -0.05) is 17.7 Å². The number of rotatable bonds is 5. The molecule has 0 bridgehead atoms. The fourth-order valence-corrected chi connectivity index (χ4v) is 2.49. The molecular weight excluding hydrogens is 292 g/mol. The average molecular weight is 314 g/mol. The largest absolute Gasteiger partial charge is 0.497 e. The van der Waals surface area contributed by atoms with Gasteiger partial charge in [-0.25, -0.2) is 0 Å². The van der Waals surface area contributed by atoms with Crippen LogP contribution in [0.2, 0.25) is 0 Å². The van der Waals surface area contributed by atoms with Crippen molar-refractivity contribution in [3.63, 3.8) is 0 Å². The number of amides is 1. The first kappa shape index (κ1) is 16.7. The van der Waals surface area contributed by atoms with E-state index in [1.54, 1.807) is 25.3 Å². The number of nitrogen functional groups attached to an aromatic ring is 1.